The number of nitrogens with zero attached hydrogens (tertiary/aromatic N) is 1. The van der Waals surface area contributed by atoms with Crippen molar-refractivity contribution in [3.05, 3.63) is 59.7 Å². The number of rotatable bonds is 3. The first-order valence-electron chi connectivity index (χ1n) is 8.88. The van der Waals surface area contributed by atoms with Crippen molar-refractivity contribution >= 4 is 5.91 Å². The molecule has 2 atom stereocenters. The average Bonchev–Trinajstić information content (AvgIpc) is 2.91. The molecule has 2 heterocycles. The first kappa shape index (κ1) is 17.0. The number of halogens is 2. The maximum atomic E-state index is 13.3. The van der Waals surface area contributed by atoms with Gasteiger partial charge in [0.2, 0.25) is 0 Å². The molecule has 2 aromatic rings. The van der Waals surface area contributed by atoms with Crippen LogP contribution in [0, 0.1) is 11.6 Å². The Kier molecular flexibility index (Phi) is 4.59. The van der Waals surface area contributed by atoms with Crippen molar-refractivity contribution in [1.82, 2.24) is 10.2 Å². The Hall–Kier alpha value is -2.47. The molecule has 136 valence electrons. The maximum Gasteiger partial charge on any atom is 0.254 e. The summed E-state index contributed by atoms with van der Waals surface area (Å²) in [6, 6.07) is 10.7. The molecule has 0 radical (unpaired) electrons. The van der Waals surface area contributed by atoms with Crippen LogP contribution < -0.4 is 10.1 Å². The van der Waals surface area contributed by atoms with Gasteiger partial charge < -0.3 is 15.0 Å². The first-order valence-corrected chi connectivity index (χ1v) is 8.88. The SMILES string of the molecule is O=C(c1ccc(Oc2ccc(F)c(F)c2)cc1)N1C2CCNCC1CC2. The zero-order valence-electron chi connectivity index (χ0n) is 14.3. The summed E-state index contributed by atoms with van der Waals surface area (Å²) in [7, 11) is 0. The topological polar surface area (TPSA) is 41.6 Å². The lowest BCUT2D eigenvalue weighted by molar-refractivity contribution is 0.0680. The van der Waals surface area contributed by atoms with Gasteiger partial charge in [-0.1, -0.05) is 0 Å². The van der Waals surface area contributed by atoms with Crippen LogP contribution in [0.5, 0.6) is 11.5 Å². The molecule has 2 aliphatic rings. The minimum atomic E-state index is -0.959. The summed E-state index contributed by atoms with van der Waals surface area (Å²) in [6.45, 7) is 1.80. The van der Waals surface area contributed by atoms with Crippen LogP contribution in [-0.2, 0) is 0 Å². The number of fused-ring (bicyclic) bond motifs is 2. The molecule has 0 aromatic heterocycles. The standard InChI is InChI=1S/C20H20F2N2O2/c21-18-8-7-17(11-19(18)22)26-16-5-1-13(2-6-16)20(25)24-14-3-4-15(24)12-23-10-9-14/h1-2,5-8,11,14-15,23H,3-4,9-10,12H2. The van der Waals surface area contributed by atoms with Crippen LogP contribution in [0.4, 0.5) is 8.78 Å². The molecule has 2 fully saturated rings. The van der Waals surface area contributed by atoms with E-state index >= 15 is 0 Å². The molecule has 4 rings (SSSR count). The second-order valence-corrected chi connectivity index (χ2v) is 6.79. The van der Waals surface area contributed by atoms with Crippen LogP contribution in [0.3, 0.4) is 0 Å². The lowest BCUT2D eigenvalue weighted by Crippen LogP contribution is -2.42. The second-order valence-electron chi connectivity index (χ2n) is 6.79. The molecule has 2 unspecified atom stereocenters. The molecule has 2 aromatic carbocycles. The highest BCUT2D eigenvalue weighted by Crippen LogP contribution is 2.30. The van der Waals surface area contributed by atoms with Crippen LogP contribution in [0.1, 0.15) is 29.6 Å². The molecule has 2 aliphatic heterocycles. The fraction of sp³-hybridized carbons (Fsp3) is 0.350. The third-order valence-corrected chi connectivity index (χ3v) is 5.12. The molecule has 1 N–H and O–H groups in total. The van der Waals surface area contributed by atoms with E-state index < -0.39 is 11.6 Å². The van der Waals surface area contributed by atoms with E-state index in [0.717, 1.165) is 44.5 Å². The quantitative estimate of drug-likeness (QED) is 0.909. The van der Waals surface area contributed by atoms with Gasteiger partial charge in [0.15, 0.2) is 11.6 Å². The van der Waals surface area contributed by atoms with Gasteiger partial charge in [-0.25, -0.2) is 8.78 Å². The van der Waals surface area contributed by atoms with Crippen molar-refractivity contribution in [2.75, 3.05) is 13.1 Å². The summed E-state index contributed by atoms with van der Waals surface area (Å²) in [4.78, 5) is 15.0. The van der Waals surface area contributed by atoms with Crippen molar-refractivity contribution < 1.29 is 18.3 Å². The number of ether oxygens (including phenoxy) is 1. The molecule has 4 nitrogen and oxygen atoms in total. The van der Waals surface area contributed by atoms with E-state index in [0.29, 0.717) is 17.4 Å². The van der Waals surface area contributed by atoms with Crippen LogP contribution >= 0.6 is 0 Å². The molecule has 1 amide bonds. The van der Waals surface area contributed by atoms with E-state index in [1.54, 1.807) is 24.3 Å². The zero-order chi connectivity index (χ0) is 18.1. The van der Waals surface area contributed by atoms with Crippen LogP contribution in [-0.4, -0.2) is 36.0 Å². The van der Waals surface area contributed by atoms with E-state index in [4.69, 9.17) is 4.74 Å². The number of hydrogen-bond acceptors (Lipinski definition) is 3. The lowest BCUT2D eigenvalue weighted by atomic mass is 10.1. The summed E-state index contributed by atoms with van der Waals surface area (Å²) in [5.74, 6) is -1.16. The Bertz CT molecular complexity index is 796. The lowest BCUT2D eigenvalue weighted by Gasteiger charge is -2.28. The number of carbonyl (C=O) groups excluding carboxylic acids is 1. The highest BCUT2D eigenvalue weighted by molar-refractivity contribution is 5.95. The van der Waals surface area contributed by atoms with Gasteiger partial charge in [-0.2, -0.15) is 0 Å². The molecule has 6 heteroatoms. The number of hydrogen-bond donors (Lipinski definition) is 1. The van der Waals surface area contributed by atoms with E-state index in [9.17, 15) is 13.6 Å². The normalized spacial score (nSPS) is 22.2. The fourth-order valence-corrected chi connectivity index (χ4v) is 3.80. The number of carbonyl (C=O) groups is 1. The number of amides is 1. The Morgan fingerprint density at radius 3 is 2.46 bits per heavy atom. The molecular weight excluding hydrogens is 338 g/mol. The highest BCUT2D eigenvalue weighted by Gasteiger charge is 2.38. The van der Waals surface area contributed by atoms with Crippen molar-refractivity contribution in [2.24, 2.45) is 0 Å². The third kappa shape index (κ3) is 3.29. The van der Waals surface area contributed by atoms with E-state index in [2.05, 4.69) is 5.32 Å². The van der Waals surface area contributed by atoms with Crippen LogP contribution in [0.2, 0.25) is 0 Å². The van der Waals surface area contributed by atoms with Gasteiger partial charge in [-0.05, 0) is 62.2 Å². The predicted octanol–water partition coefficient (Wildman–Crippen LogP) is 3.72. The van der Waals surface area contributed by atoms with E-state index in [1.165, 1.54) is 6.07 Å². The van der Waals surface area contributed by atoms with E-state index in [-0.39, 0.29) is 17.7 Å². The minimum Gasteiger partial charge on any atom is -0.457 e. The molecule has 0 saturated carbocycles. The van der Waals surface area contributed by atoms with Crippen LogP contribution in [0.25, 0.3) is 0 Å². The zero-order valence-corrected chi connectivity index (χ0v) is 14.3. The predicted molar refractivity (Wildman–Crippen MR) is 93.3 cm³/mol. The number of nitrogens with one attached hydrogen (secondary N) is 1. The van der Waals surface area contributed by atoms with Gasteiger partial charge in [0.1, 0.15) is 11.5 Å². The second kappa shape index (κ2) is 7.03. The molecule has 0 aliphatic carbocycles. The fourth-order valence-electron chi connectivity index (χ4n) is 3.80. The van der Waals surface area contributed by atoms with Gasteiger partial charge in [0.25, 0.3) is 5.91 Å². The monoisotopic (exact) mass is 358 g/mol. The Balaban J connectivity index is 1.48. The van der Waals surface area contributed by atoms with Crippen molar-refractivity contribution in [2.45, 2.75) is 31.3 Å². The third-order valence-electron chi connectivity index (χ3n) is 5.12. The summed E-state index contributed by atoms with van der Waals surface area (Å²) in [5.41, 5.74) is 0.612. The number of benzene rings is 2. The van der Waals surface area contributed by atoms with Crippen molar-refractivity contribution in [3.63, 3.8) is 0 Å². The van der Waals surface area contributed by atoms with Gasteiger partial charge >= 0.3 is 0 Å². The van der Waals surface area contributed by atoms with Gasteiger partial charge in [-0.15, -0.1) is 0 Å². The molecule has 26 heavy (non-hydrogen) atoms. The highest BCUT2D eigenvalue weighted by atomic mass is 19.2. The van der Waals surface area contributed by atoms with E-state index in [1.807, 2.05) is 4.90 Å². The molecular formula is C20H20F2N2O2. The molecule has 2 bridgehead atoms. The largest absolute Gasteiger partial charge is 0.457 e. The van der Waals surface area contributed by atoms with Gasteiger partial charge in [0, 0.05) is 30.3 Å². The summed E-state index contributed by atoms with van der Waals surface area (Å²) < 4.78 is 31.8. The average molecular weight is 358 g/mol. The summed E-state index contributed by atoms with van der Waals surface area (Å²) in [6.07, 6.45) is 3.09. The maximum absolute atomic E-state index is 13.3. The van der Waals surface area contributed by atoms with Crippen LogP contribution in [0.15, 0.2) is 42.5 Å². The minimum absolute atomic E-state index is 0.0422. The molecule has 2 saturated heterocycles. The Morgan fingerprint density at radius 1 is 0.962 bits per heavy atom. The van der Waals surface area contributed by atoms with Crippen molar-refractivity contribution in [1.29, 1.82) is 0 Å². The first-order chi connectivity index (χ1) is 12.6. The smallest absolute Gasteiger partial charge is 0.254 e. The Labute approximate surface area is 150 Å². The Morgan fingerprint density at radius 2 is 1.69 bits per heavy atom. The van der Waals surface area contributed by atoms with Gasteiger partial charge in [-0.3, -0.25) is 4.79 Å². The van der Waals surface area contributed by atoms with Gasteiger partial charge in [0.05, 0.1) is 0 Å². The summed E-state index contributed by atoms with van der Waals surface area (Å²) >= 11 is 0. The summed E-state index contributed by atoms with van der Waals surface area (Å²) in [5, 5.41) is 3.39. The van der Waals surface area contributed by atoms with Crippen molar-refractivity contribution in [3.8, 4) is 11.5 Å². The molecule has 0 spiro atoms.